The summed E-state index contributed by atoms with van der Waals surface area (Å²) in [5.74, 6) is -0.134. The van der Waals surface area contributed by atoms with E-state index in [0.717, 1.165) is 37.9 Å². The zero-order valence-electron chi connectivity index (χ0n) is 13.5. The van der Waals surface area contributed by atoms with E-state index in [0.29, 0.717) is 4.88 Å². The summed E-state index contributed by atoms with van der Waals surface area (Å²) in [7, 11) is 0. The van der Waals surface area contributed by atoms with Crippen LogP contribution in [0.1, 0.15) is 21.6 Å². The minimum Gasteiger partial charge on any atom is -0.321 e. The molecule has 4 rings (SSSR count). The van der Waals surface area contributed by atoms with Gasteiger partial charge in [-0.2, -0.15) is 0 Å². The number of anilines is 1. The van der Waals surface area contributed by atoms with E-state index in [1.807, 2.05) is 49.4 Å². The van der Waals surface area contributed by atoms with Crippen molar-refractivity contribution in [2.45, 2.75) is 13.3 Å². The average Bonchev–Trinajstić information content (AvgIpc) is 3.29. The zero-order chi connectivity index (χ0) is 17.2. The molecule has 0 aliphatic rings. The number of hydrogen-bond donors (Lipinski definition) is 1. The van der Waals surface area contributed by atoms with Crippen LogP contribution in [0.5, 0.6) is 0 Å². The Hall–Kier alpha value is -2.57. The third-order valence-corrected chi connectivity index (χ3v) is 5.99. The zero-order valence-corrected chi connectivity index (χ0v) is 15.2. The Bertz CT molecular complexity index is 1020. The van der Waals surface area contributed by atoms with Gasteiger partial charge < -0.3 is 5.32 Å². The fourth-order valence-corrected chi connectivity index (χ4v) is 4.29. The second kappa shape index (κ2) is 6.74. The first-order valence-corrected chi connectivity index (χ1v) is 9.59. The molecule has 4 nitrogen and oxygen atoms in total. The minimum absolute atomic E-state index is 0.134. The predicted octanol–water partition coefficient (Wildman–Crippen LogP) is 5.23. The first kappa shape index (κ1) is 15.9. The molecule has 0 fully saturated rings. The third-order valence-electron chi connectivity index (χ3n) is 3.78. The molecule has 0 spiro atoms. The molecule has 124 valence electrons. The number of aryl methyl sites for hydroxylation is 1. The molecule has 1 amide bonds. The molecule has 2 aromatic carbocycles. The number of para-hydroxylation sites is 2. The van der Waals surface area contributed by atoms with Gasteiger partial charge in [-0.3, -0.25) is 4.79 Å². The molecule has 0 atom stereocenters. The number of hydrogen-bond acceptors (Lipinski definition) is 5. The third kappa shape index (κ3) is 3.18. The largest absolute Gasteiger partial charge is 0.321 e. The first-order valence-electron chi connectivity index (χ1n) is 7.95. The summed E-state index contributed by atoms with van der Waals surface area (Å²) in [5.41, 5.74) is 2.66. The van der Waals surface area contributed by atoms with Crippen LogP contribution >= 0.6 is 22.7 Å². The van der Waals surface area contributed by atoms with Gasteiger partial charge in [-0.15, -0.1) is 22.7 Å². The highest BCUT2D eigenvalue weighted by atomic mass is 32.1. The molecule has 0 saturated carbocycles. The van der Waals surface area contributed by atoms with Crippen molar-refractivity contribution in [2.24, 2.45) is 0 Å². The van der Waals surface area contributed by atoms with E-state index in [-0.39, 0.29) is 5.91 Å². The summed E-state index contributed by atoms with van der Waals surface area (Å²) in [4.78, 5) is 22.1. The second-order valence-corrected chi connectivity index (χ2v) is 7.60. The van der Waals surface area contributed by atoms with Gasteiger partial charge in [0.05, 0.1) is 27.1 Å². The number of nitrogens with one attached hydrogen (secondary N) is 1. The van der Waals surface area contributed by atoms with Crippen molar-refractivity contribution in [1.29, 1.82) is 0 Å². The van der Waals surface area contributed by atoms with Crippen LogP contribution in [-0.2, 0) is 6.42 Å². The van der Waals surface area contributed by atoms with Crippen LogP contribution in [0.3, 0.4) is 0 Å². The van der Waals surface area contributed by atoms with Gasteiger partial charge in [-0.25, -0.2) is 9.97 Å². The van der Waals surface area contributed by atoms with Gasteiger partial charge in [0.15, 0.2) is 0 Å². The SMILES string of the molecule is CCc1ncc(C(=O)Nc2ccccc2-c2nc3ccccc3s2)s1. The fourth-order valence-electron chi connectivity index (χ4n) is 2.53. The molecule has 2 aromatic heterocycles. The fraction of sp³-hybridized carbons (Fsp3) is 0.105. The van der Waals surface area contributed by atoms with Gasteiger partial charge in [-0.05, 0) is 30.7 Å². The summed E-state index contributed by atoms with van der Waals surface area (Å²) in [6.07, 6.45) is 2.47. The number of amides is 1. The van der Waals surface area contributed by atoms with Gasteiger partial charge in [0.1, 0.15) is 9.88 Å². The number of carbonyl (C=O) groups is 1. The molecule has 0 aliphatic heterocycles. The van der Waals surface area contributed by atoms with Crippen molar-refractivity contribution >= 4 is 44.5 Å². The van der Waals surface area contributed by atoms with Crippen molar-refractivity contribution in [2.75, 3.05) is 5.32 Å². The number of thiazole rings is 2. The van der Waals surface area contributed by atoms with E-state index in [1.54, 1.807) is 17.5 Å². The number of aromatic nitrogens is 2. The van der Waals surface area contributed by atoms with Crippen LogP contribution in [-0.4, -0.2) is 15.9 Å². The van der Waals surface area contributed by atoms with Crippen LogP contribution in [0, 0.1) is 0 Å². The quantitative estimate of drug-likeness (QED) is 0.538. The van der Waals surface area contributed by atoms with Gasteiger partial charge in [0.2, 0.25) is 0 Å². The van der Waals surface area contributed by atoms with E-state index in [1.165, 1.54) is 11.3 Å². The van der Waals surface area contributed by atoms with Crippen molar-refractivity contribution in [1.82, 2.24) is 9.97 Å². The highest BCUT2D eigenvalue weighted by molar-refractivity contribution is 7.21. The van der Waals surface area contributed by atoms with Crippen molar-refractivity contribution in [3.63, 3.8) is 0 Å². The second-order valence-electron chi connectivity index (χ2n) is 5.46. The van der Waals surface area contributed by atoms with Crippen molar-refractivity contribution in [3.8, 4) is 10.6 Å². The molecular formula is C19H15N3OS2. The van der Waals surface area contributed by atoms with Crippen molar-refractivity contribution < 1.29 is 4.79 Å². The maximum absolute atomic E-state index is 12.5. The summed E-state index contributed by atoms with van der Waals surface area (Å²) in [6, 6.07) is 15.8. The molecule has 0 saturated heterocycles. The Labute approximate surface area is 153 Å². The van der Waals surface area contributed by atoms with Gasteiger partial charge >= 0.3 is 0 Å². The molecular weight excluding hydrogens is 350 g/mol. The number of fused-ring (bicyclic) bond motifs is 1. The number of nitrogens with zero attached hydrogens (tertiary/aromatic N) is 2. The van der Waals surface area contributed by atoms with Crippen LogP contribution in [0.2, 0.25) is 0 Å². The van der Waals surface area contributed by atoms with E-state index in [9.17, 15) is 4.79 Å². The lowest BCUT2D eigenvalue weighted by atomic mass is 10.2. The van der Waals surface area contributed by atoms with Gasteiger partial charge in [0, 0.05) is 5.56 Å². The van der Waals surface area contributed by atoms with Crippen LogP contribution in [0.15, 0.2) is 54.7 Å². The first-order chi connectivity index (χ1) is 12.2. The summed E-state index contributed by atoms with van der Waals surface area (Å²) >= 11 is 3.05. The minimum atomic E-state index is -0.134. The highest BCUT2D eigenvalue weighted by Crippen LogP contribution is 2.34. The molecule has 0 unspecified atom stereocenters. The molecule has 25 heavy (non-hydrogen) atoms. The van der Waals surface area contributed by atoms with E-state index >= 15 is 0 Å². The molecule has 0 radical (unpaired) electrons. The van der Waals surface area contributed by atoms with Crippen LogP contribution in [0.25, 0.3) is 20.8 Å². The lowest BCUT2D eigenvalue weighted by molar-refractivity contribution is 0.103. The lowest BCUT2D eigenvalue weighted by Crippen LogP contribution is -2.10. The lowest BCUT2D eigenvalue weighted by Gasteiger charge is -2.08. The molecule has 2 heterocycles. The smallest absolute Gasteiger partial charge is 0.267 e. The van der Waals surface area contributed by atoms with Crippen LogP contribution < -0.4 is 5.32 Å². The number of benzene rings is 2. The van der Waals surface area contributed by atoms with Crippen LogP contribution in [0.4, 0.5) is 5.69 Å². The highest BCUT2D eigenvalue weighted by Gasteiger charge is 2.15. The summed E-state index contributed by atoms with van der Waals surface area (Å²) < 4.78 is 1.13. The number of rotatable bonds is 4. The summed E-state index contributed by atoms with van der Waals surface area (Å²) in [5, 5.41) is 4.87. The number of carbonyl (C=O) groups excluding carboxylic acids is 1. The Balaban J connectivity index is 1.68. The standard InChI is InChI=1S/C19H15N3OS2/c1-2-17-20-11-16(24-17)18(23)21-13-8-4-3-7-12(13)19-22-14-9-5-6-10-15(14)25-19/h3-11H,2H2,1H3,(H,21,23). The maximum Gasteiger partial charge on any atom is 0.267 e. The Morgan fingerprint density at radius 3 is 2.68 bits per heavy atom. The average molecular weight is 365 g/mol. The van der Waals surface area contributed by atoms with E-state index in [2.05, 4.69) is 16.4 Å². The van der Waals surface area contributed by atoms with Crippen molar-refractivity contribution in [3.05, 3.63) is 64.6 Å². The molecule has 1 N–H and O–H groups in total. The Kier molecular flexibility index (Phi) is 4.29. The molecule has 0 aliphatic carbocycles. The predicted molar refractivity (Wildman–Crippen MR) is 105 cm³/mol. The molecule has 4 aromatic rings. The Morgan fingerprint density at radius 2 is 1.88 bits per heavy atom. The maximum atomic E-state index is 12.5. The summed E-state index contributed by atoms with van der Waals surface area (Å²) in [6.45, 7) is 2.03. The normalized spacial score (nSPS) is 10.9. The van der Waals surface area contributed by atoms with Gasteiger partial charge in [-0.1, -0.05) is 31.2 Å². The monoisotopic (exact) mass is 365 g/mol. The van der Waals surface area contributed by atoms with Gasteiger partial charge in [0.25, 0.3) is 5.91 Å². The molecule has 0 bridgehead atoms. The molecule has 6 heteroatoms. The Morgan fingerprint density at radius 1 is 1.08 bits per heavy atom. The topological polar surface area (TPSA) is 54.9 Å². The van der Waals surface area contributed by atoms with E-state index < -0.39 is 0 Å². The van der Waals surface area contributed by atoms with E-state index in [4.69, 9.17) is 4.98 Å².